The minimum Gasteiger partial charge on any atom is -0.429 e. The summed E-state index contributed by atoms with van der Waals surface area (Å²) in [5.41, 5.74) is 0.489. The number of ether oxygens (including phenoxy) is 1. The SMILES string of the molecule is CCCC1CCC(CCF)CC1.Fc1cc(C2CCC(C3SCC(F)CS3)CC2)cc(F)c1OC(F)F. The second-order valence-corrected chi connectivity index (χ2v) is 13.2. The van der Waals surface area contributed by atoms with Crippen LogP contribution < -0.4 is 4.74 Å². The van der Waals surface area contributed by atoms with Crippen LogP contribution in [-0.2, 0) is 0 Å². The molecule has 9 heteroatoms. The monoisotopic (exact) mass is 570 g/mol. The maximum atomic E-state index is 13.9. The van der Waals surface area contributed by atoms with E-state index in [4.69, 9.17) is 0 Å². The van der Waals surface area contributed by atoms with Gasteiger partial charge in [0.15, 0.2) is 17.4 Å². The van der Waals surface area contributed by atoms with Crippen molar-refractivity contribution in [3.8, 4) is 5.75 Å². The topological polar surface area (TPSA) is 9.23 Å². The molecule has 0 atom stereocenters. The highest BCUT2D eigenvalue weighted by Crippen LogP contribution is 2.46. The Labute approximate surface area is 226 Å². The summed E-state index contributed by atoms with van der Waals surface area (Å²) in [5, 5.41) is 0. The third-order valence-corrected chi connectivity index (χ3v) is 11.3. The van der Waals surface area contributed by atoms with Crippen LogP contribution in [0.4, 0.5) is 26.3 Å². The molecule has 1 saturated heterocycles. The molecule has 212 valence electrons. The summed E-state index contributed by atoms with van der Waals surface area (Å²) in [6.45, 7) is -1.11. The molecule has 1 aromatic rings. The van der Waals surface area contributed by atoms with E-state index in [0.717, 1.165) is 50.2 Å². The molecule has 3 fully saturated rings. The van der Waals surface area contributed by atoms with Gasteiger partial charge in [-0.05, 0) is 73.5 Å². The Morgan fingerprint density at radius 2 is 1.41 bits per heavy atom. The average Bonchev–Trinajstić information content (AvgIpc) is 2.88. The van der Waals surface area contributed by atoms with Crippen LogP contribution in [0.25, 0.3) is 0 Å². The zero-order valence-corrected chi connectivity index (χ0v) is 23.2. The van der Waals surface area contributed by atoms with Gasteiger partial charge >= 0.3 is 6.61 Å². The van der Waals surface area contributed by atoms with Gasteiger partial charge in [-0.1, -0.05) is 45.4 Å². The zero-order valence-electron chi connectivity index (χ0n) is 21.6. The van der Waals surface area contributed by atoms with Gasteiger partial charge in [-0.15, -0.1) is 23.5 Å². The van der Waals surface area contributed by atoms with Gasteiger partial charge in [-0.2, -0.15) is 8.78 Å². The van der Waals surface area contributed by atoms with Crippen molar-refractivity contribution >= 4 is 23.5 Å². The van der Waals surface area contributed by atoms with Gasteiger partial charge in [-0.25, -0.2) is 13.2 Å². The maximum Gasteiger partial charge on any atom is 0.387 e. The quantitative estimate of drug-likeness (QED) is 0.288. The van der Waals surface area contributed by atoms with Crippen LogP contribution in [0.5, 0.6) is 5.75 Å². The van der Waals surface area contributed by atoms with E-state index in [2.05, 4.69) is 11.7 Å². The largest absolute Gasteiger partial charge is 0.429 e. The molecule has 0 unspecified atom stereocenters. The number of rotatable bonds is 8. The van der Waals surface area contributed by atoms with Crippen LogP contribution in [-0.4, -0.2) is 35.5 Å². The lowest BCUT2D eigenvalue weighted by atomic mass is 9.79. The van der Waals surface area contributed by atoms with E-state index in [1.54, 1.807) is 23.5 Å². The Hall–Kier alpha value is -0.700. The molecule has 2 aliphatic carbocycles. The number of halogens is 6. The van der Waals surface area contributed by atoms with Crippen molar-refractivity contribution in [2.75, 3.05) is 18.2 Å². The van der Waals surface area contributed by atoms with Crippen LogP contribution in [0.3, 0.4) is 0 Å². The Morgan fingerprint density at radius 3 is 1.89 bits per heavy atom. The van der Waals surface area contributed by atoms with Crippen LogP contribution in [0.1, 0.15) is 89.0 Å². The number of thioether (sulfide) groups is 2. The molecule has 2 saturated carbocycles. The summed E-state index contributed by atoms with van der Waals surface area (Å²) in [5.74, 6) is 0.0363. The highest BCUT2D eigenvalue weighted by molar-refractivity contribution is 8.17. The predicted octanol–water partition coefficient (Wildman–Crippen LogP) is 9.94. The Morgan fingerprint density at radius 1 is 0.865 bits per heavy atom. The second-order valence-electron chi connectivity index (χ2n) is 10.6. The van der Waals surface area contributed by atoms with E-state index >= 15 is 0 Å². The highest BCUT2D eigenvalue weighted by atomic mass is 32.2. The van der Waals surface area contributed by atoms with Crippen LogP contribution in [0, 0.1) is 29.4 Å². The molecule has 0 bridgehead atoms. The van der Waals surface area contributed by atoms with E-state index < -0.39 is 30.2 Å². The lowest BCUT2D eigenvalue weighted by molar-refractivity contribution is -0.0546. The predicted molar refractivity (Wildman–Crippen MR) is 142 cm³/mol. The van der Waals surface area contributed by atoms with E-state index in [-0.39, 0.29) is 12.6 Å². The van der Waals surface area contributed by atoms with E-state index in [0.29, 0.717) is 33.5 Å². The summed E-state index contributed by atoms with van der Waals surface area (Å²) in [7, 11) is 0. The summed E-state index contributed by atoms with van der Waals surface area (Å²) >= 11 is 3.34. The number of benzene rings is 1. The van der Waals surface area contributed by atoms with Gasteiger partial charge < -0.3 is 4.74 Å². The first-order chi connectivity index (χ1) is 17.8. The average molecular weight is 571 g/mol. The number of hydrogen-bond donors (Lipinski definition) is 0. The zero-order chi connectivity index (χ0) is 26.8. The summed E-state index contributed by atoms with van der Waals surface area (Å²) in [6.07, 6.45) is 11.5. The van der Waals surface area contributed by atoms with Gasteiger partial charge in [0.25, 0.3) is 0 Å². The minimum absolute atomic E-state index is 0.00774. The molecule has 1 aromatic carbocycles. The first kappa shape index (κ1) is 30.8. The fourth-order valence-corrected chi connectivity index (χ4v) is 9.01. The van der Waals surface area contributed by atoms with Crippen molar-refractivity contribution in [3.05, 3.63) is 29.3 Å². The van der Waals surface area contributed by atoms with Gasteiger partial charge in [-0.3, -0.25) is 4.39 Å². The summed E-state index contributed by atoms with van der Waals surface area (Å²) in [4.78, 5) is 0. The lowest BCUT2D eigenvalue weighted by Gasteiger charge is -2.35. The third-order valence-electron chi connectivity index (χ3n) is 7.92. The van der Waals surface area contributed by atoms with Crippen molar-refractivity contribution < 1.29 is 31.1 Å². The normalized spacial score (nSPS) is 30.5. The molecule has 0 spiro atoms. The van der Waals surface area contributed by atoms with Gasteiger partial charge in [0, 0.05) is 11.5 Å². The molecular weight excluding hydrogens is 530 g/mol. The smallest absolute Gasteiger partial charge is 0.387 e. The molecule has 1 heterocycles. The standard InChI is InChI=1S/C17H19F5OS2.C11H21F/c18-12-7-24-16(25-8-12)10-3-1-9(2-4-10)11-5-13(19)15(14(20)6-11)23-17(21)22;1-2-3-10-4-6-11(7-5-10)8-9-12/h5-6,9-10,12,16-17H,1-4,7-8H2;10-11H,2-9H2,1H3. The van der Waals surface area contributed by atoms with Crippen molar-refractivity contribution in [2.45, 2.75) is 101 Å². The Kier molecular flexibility index (Phi) is 13.2. The molecule has 0 amide bonds. The summed E-state index contributed by atoms with van der Waals surface area (Å²) < 4.78 is 81.7. The molecule has 4 rings (SSSR count). The lowest BCUT2D eigenvalue weighted by Crippen LogP contribution is -2.27. The number of alkyl halides is 4. The van der Waals surface area contributed by atoms with E-state index in [1.807, 2.05) is 0 Å². The third kappa shape index (κ3) is 9.77. The van der Waals surface area contributed by atoms with Crippen molar-refractivity contribution in [1.82, 2.24) is 0 Å². The molecule has 1 aliphatic heterocycles. The molecule has 0 N–H and O–H groups in total. The first-order valence-corrected chi connectivity index (χ1v) is 15.8. The first-order valence-electron chi connectivity index (χ1n) is 13.7. The molecule has 1 nitrogen and oxygen atoms in total. The molecule has 0 aromatic heterocycles. The van der Waals surface area contributed by atoms with Crippen LogP contribution in [0.2, 0.25) is 0 Å². The van der Waals surface area contributed by atoms with Crippen molar-refractivity contribution in [3.63, 3.8) is 0 Å². The van der Waals surface area contributed by atoms with E-state index in [1.165, 1.54) is 38.5 Å². The Balaban J connectivity index is 0.000000266. The Bertz CT molecular complexity index is 752. The molecular formula is C28H40F6OS2. The van der Waals surface area contributed by atoms with Gasteiger partial charge in [0.1, 0.15) is 6.17 Å². The van der Waals surface area contributed by atoms with Gasteiger partial charge in [0.2, 0.25) is 0 Å². The second kappa shape index (κ2) is 15.8. The van der Waals surface area contributed by atoms with Gasteiger partial charge in [0.05, 0.1) is 11.3 Å². The maximum absolute atomic E-state index is 13.9. The minimum atomic E-state index is -3.26. The molecule has 0 radical (unpaired) electrons. The summed E-state index contributed by atoms with van der Waals surface area (Å²) in [6, 6.07) is 2.20. The van der Waals surface area contributed by atoms with Crippen LogP contribution >= 0.6 is 23.5 Å². The molecule has 37 heavy (non-hydrogen) atoms. The van der Waals surface area contributed by atoms with Crippen molar-refractivity contribution in [1.29, 1.82) is 0 Å². The number of hydrogen-bond acceptors (Lipinski definition) is 3. The highest BCUT2D eigenvalue weighted by Gasteiger charge is 2.33. The van der Waals surface area contributed by atoms with E-state index in [9.17, 15) is 26.3 Å². The molecule has 3 aliphatic rings. The fraction of sp³-hybridized carbons (Fsp3) is 0.786. The van der Waals surface area contributed by atoms with Crippen molar-refractivity contribution in [2.24, 2.45) is 17.8 Å². The fourth-order valence-electron chi connectivity index (χ4n) is 5.88. The van der Waals surface area contributed by atoms with Crippen LogP contribution in [0.15, 0.2) is 12.1 Å².